The Morgan fingerprint density at radius 2 is 1.91 bits per heavy atom. The number of anilines is 1. The van der Waals surface area contributed by atoms with Gasteiger partial charge in [-0.2, -0.15) is 0 Å². The Morgan fingerprint density at radius 1 is 1.16 bits per heavy atom. The fourth-order valence-corrected chi connectivity index (χ4v) is 4.39. The van der Waals surface area contributed by atoms with E-state index >= 15 is 0 Å². The first-order valence-electron chi connectivity index (χ1n) is 10.9. The van der Waals surface area contributed by atoms with Crippen molar-refractivity contribution in [3.8, 4) is 11.5 Å². The van der Waals surface area contributed by atoms with Crippen LogP contribution >= 0.6 is 0 Å². The summed E-state index contributed by atoms with van der Waals surface area (Å²) in [6.45, 7) is 10.1. The van der Waals surface area contributed by atoms with E-state index in [-0.39, 0.29) is 12.7 Å². The minimum absolute atomic E-state index is 0.194. The normalized spacial score (nSPS) is 17.6. The summed E-state index contributed by atoms with van der Waals surface area (Å²) in [5, 5.41) is 4.06. The highest BCUT2D eigenvalue weighted by Crippen LogP contribution is 2.44. The van der Waals surface area contributed by atoms with Crippen LogP contribution in [0.2, 0.25) is 0 Å². The van der Waals surface area contributed by atoms with Crippen molar-refractivity contribution >= 4 is 22.6 Å². The van der Waals surface area contributed by atoms with Crippen LogP contribution in [0.3, 0.4) is 0 Å². The van der Waals surface area contributed by atoms with Crippen LogP contribution in [0.15, 0.2) is 30.3 Å². The summed E-state index contributed by atoms with van der Waals surface area (Å²) in [5.74, 6) is 1.95. The maximum Gasteiger partial charge on any atom is 0.269 e. The standard InChI is InChI=1S/C26H30N2O4/c1-15-13-22(27-21-10-8-7-9-19(15)21)28-25(29)26(5)12-11-20-18(4)23(31-14-30-6)16(2)17(3)24(20)32-26/h7-10,13H,11-12,14H2,1-6H3,(H,27,28,29). The first-order valence-corrected chi connectivity index (χ1v) is 10.9. The van der Waals surface area contributed by atoms with E-state index in [1.54, 1.807) is 7.11 Å². The van der Waals surface area contributed by atoms with Crippen LogP contribution in [0.5, 0.6) is 11.5 Å². The molecule has 1 atom stereocenters. The third-order valence-corrected chi connectivity index (χ3v) is 6.46. The van der Waals surface area contributed by atoms with E-state index in [1.165, 1.54) is 0 Å². The predicted molar refractivity (Wildman–Crippen MR) is 126 cm³/mol. The number of hydrogen-bond donors (Lipinski definition) is 1. The van der Waals surface area contributed by atoms with E-state index in [0.29, 0.717) is 12.2 Å². The molecule has 0 aliphatic carbocycles. The van der Waals surface area contributed by atoms with Gasteiger partial charge in [-0.1, -0.05) is 18.2 Å². The van der Waals surface area contributed by atoms with Crippen molar-refractivity contribution < 1.29 is 19.0 Å². The predicted octanol–water partition coefficient (Wildman–Crippen LogP) is 5.17. The van der Waals surface area contributed by atoms with Crippen molar-refractivity contribution in [1.29, 1.82) is 0 Å². The summed E-state index contributed by atoms with van der Waals surface area (Å²) in [6, 6.07) is 9.82. The van der Waals surface area contributed by atoms with Gasteiger partial charge < -0.3 is 19.5 Å². The van der Waals surface area contributed by atoms with E-state index in [1.807, 2.05) is 65.0 Å². The van der Waals surface area contributed by atoms with Crippen molar-refractivity contribution in [1.82, 2.24) is 4.98 Å². The van der Waals surface area contributed by atoms with Crippen LogP contribution in [-0.2, 0) is 16.0 Å². The van der Waals surface area contributed by atoms with Gasteiger partial charge in [-0.25, -0.2) is 4.98 Å². The lowest BCUT2D eigenvalue weighted by Gasteiger charge is -2.36. The molecular formula is C26H30N2O4. The summed E-state index contributed by atoms with van der Waals surface area (Å²) in [7, 11) is 1.61. The number of ether oxygens (including phenoxy) is 3. The summed E-state index contributed by atoms with van der Waals surface area (Å²) in [4.78, 5) is 17.9. The quantitative estimate of drug-likeness (QED) is 0.561. The van der Waals surface area contributed by atoms with Gasteiger partial charge in [0, 0.05) is 24.5 Å². The average molecular weight is 435 g/mol. The molecule has 0 spiro atoms. The minimum atomic E-state index is -0.993. The molecule has 168 valence electrons. The number of amides is 1. The second kappa shape index (κ2) is 8.43. The molecule has 1 aliphatic rings. The van der Waals surface area contributed by atoms with Gasteiger partial charge in [-0.15, -0.1) is 0 Å². The summed E-state index contributed by atoms with van der Waals surface area (Å²) < 4.78 is 17.3. The van der Waals surface area contributed by atoms with Gasteiger partial charge >= 0.3 is 0 Å². The molecule has 0 fully saturated rings. The molecule has 6 heteroatoms. The molecule has 0 bridgehead atoms. The Labute approximate surface area is 188 Å². The lowest BCUT2D eigenvalue weighted by Crippen LogP contribution is -2.48. The van der Waals surface area contributed by atoms with Crippen LogP contribution in [0, 0.1) is 27.7 Å². The summed E-state index contributed by atoms with van der Waals surface area (Å²) in [5.41, 5.74) is 5.03. The monoisotopic (exact) mass is 434 g/mol. The first kappa shape index (κ1) is 22.1. The number of methoxy groups -OCH3 is 1. The molecule has 1 aliphatic heterocycles. The van der Waals surface area contributed by atoms with Crippen LogP contribution in [0.25, 0.3) is 10.9 Å². The topological polar surface area (TPSA) is 69.7 Å². The largest absolute Gasteiger partial charge is 0.477 e. The molecule has 2 heterocycles. The Bertz CT molecular complexity index is 1200. The number of para-hydroxylation sites is 1. The zero-order valence-corrected chi connectivity index (χ0v) is 19.6. The number of nitrogens with one attached hydrogen (secondary N) is 1. The number of aromatic nitrogens is 1. The lowest BCUT2D eigenvalue weighted by molar-refractivity contribution is -0.131. The molecular weight excluding hydrogens is 404 g/mol. The number of hydrogen-bond acceptors (Lipinski definition) is 5. The fourth-order valence-electron chi connectivity index (χ4n) is 4.39. The van der Waals surface area contributed by atoms with Crippen molar-refractivity contribution in [2.24, 2.45) is 0 Å². The first-order chi connectivity index (χ1) is 15.2. The summed E-state index contributed by atoms with van der Waals surface area (Å²) >= 11 is 0. The van der Waals surface area contributed by atoms with Crippen LogP contribution < -0.4 is 14.8 Å². The Balaban J connectivity index is 1.62. The second-order valence-electron chi connectivity index (χ2n) is 8.69. The van der Waals surface area contributed by atoms with Gasteiger partial charge in [0.2, 0.25) is 0 Å². The molecule has 0 radical (unpaired) electrons. The highest BCUT2D eigenvalue weighted by atomic mass is 16.7. The third-order valence-electron chi connectivity index (χ3n) is 6.46. The highest BCUT2D eigenvalue weighted by molar-refractivity contribution is 5.98. The van der Waals surface area contributed by atoms with Crippen LogP contribution in [-0.4, -0.2) is 30.4 Å². The fraction of sp³-hybridized carbons (Fsp3) is 0.385. The SMILES string of the molecule is COCOc1c(C)c(C)c2c(c1C)CCC(C)(C(=O)Nc1cc(C)c3ccccc3n1)O2. The maximum atomic E-state index is 13.3. The number of carbonyl (C=O) groups excluding carboxylic acids is 1. The number of pyridine rings is 1. The number of fused-ring (bicyclic) bond motifs is 2. The number of nitrogens with zero attached hydrogens (tertiary/aromatic N) is 1. The molecule has 0 saturated carbocycles. The van der Waals surface area contributed by atoms with Gasteiger partial charge in [0.25, 0.3) is 5.91 Å². The summed E-state index contributed by atoms with van der Waals surface area (Å²) in [6.07, 6.45) is 1.28. The van der Waals surface area contributed by atoms with Crippen molar-refractivity contribution in [3.63, 3.8) is 0 Å². The Hall–Kier alpha value is -3.12. The lowest BCUT2D eigenvalue weighted by atomic mass is 9.86. The van der Waals surface area contributed by atoms with Crippen LogP contribution in [0.4, 0.5) is 5.82 Å². The zero-order valence-electron chi connectivity index (χ0n) is 19.6. The highest BCUT2D eigenvalue weighted by Gasteiger charge is 2.41. The van der Waals surface area contributed by atoms with Gasteiger partial charge in [0.15, 0.2) is 12.4 Å². The van der Waals surface area contributed by atoms with E-state index in [4.69, 9.17) is 14.2 Å². The molecule has 1 N–H and O–H groups in total. The van der Waals surface area contributed by atoms with Crippen molar-refractivity contribution in [2.75, 3.05) is 19.2 Å². The van der Waals surface area contributed by atoms with Crippen LogP contribution in [0.1, 0.15) is 41.2 Å². The molecule has 32 heavy (non-hydrogen) atoms. The second-order valence-corrected chi connectivity index (χ2v) is 8.69. The van der Waals surface area contributed by atoms with Crippen molar-refractivity contribution in [2.45, 2.75) is 53.1 Å². The Morgan fingerprint density at radius 3 is 2.66 bits per heavy atom. The van der Waals surface area contributed by atoms with Crippen molar-refractivity contribution in [3.05, 3.63) is 58.1 Å². The number of benzene rings is 2. The minimum Gasteiger partial charge on any atom is -0.477 e. The smallest absolute Gasteiger partial charge is 0.269 e. The molecule has 1 aromatic heterocycles. The molecule has 0 saturated heterocycles. The molecule has 3 aromatic rings. The van der Waals surface area contributed by atoms with E-state index in [0.717, 1.165) is 56.6 Å². The van der Waals surface area contributed by atoms with E-state index in [9.17, 15) is 4.79 Å². The molecule has 4 rings (SSSR count). The molecule has 2 aromatic carbocycles. The molecule has 1 amide bonds. The number of rotatable bonds is 5. The van der Waals surface area contributed by atoms with E-state index in [2.05, 4.69) is 10.3 Å². The van der Waals surface area contributed by atoms with Gasteiger partial charge in [0.1, 0.15) is 17.3 Å². The van der Waals surface area contributed by atoms with E-state index < -0.39 is 5.60 Å². The third kappa shape index (κ3) is 3.79. The maximum absolute atomic E-state index is 13.3. The number of carbonyl (C=O) groups is 1. The zero-order chi connectivity index (χ0) is 23.0. The molecule has 6 nitrogen and oxygen atoms in total. The Kier molecular flexibility index (Phi) is 5.82. The molecule has 1 unspecified atom stereocenters. The number of aryl methyl sites for hydroxylation is 1. The van der Waals surface area contributed by atoms with Gasteiger partial charge in [-0.3, -0.25) is 4.79 Å². The van der Waals surface area contributed by atoms with Gasteiger partial charge in [-0.05, 0) is 75.4 Å². The van der Waals surface area contributed by atoms with Gasteiger partial charge in [0.05, 0.1) is 5.52 Å². The average Bonchev–Trinajstić information content (AvgIpc) is 2.77.